The zero-order valence-corrected chi connectivity index (χ0v) is 19.5. The highest BCUT2D eigenvalue weighted by Crippen LogP contribution is 2.33. The van der Waals surface area contributed by atoms with E-state index in [1.165, 1.54) is 0 Å². The van der Waals surface area contributed by atoms with Crippen LogP contribution in [0.3, 0.4) is 0 Å². The maximum absolute atomic E-state index is 12.1. The summed E-state index contributed by atoms with van der Waals surface area (Å²) in [5.41, 5.74) is 2.57. The second kappa shape index (κ2) is 9.62. The summed E-state index contributed by atoms with van der Waals surface area (Å²) in [6.45, 7) is 2.61. The van der Waals surface area contributed by atoms with Crippen molar-refractivity contribution in [2.24, 2.45) is 0 Å². The van der Waals surface area contributed by atoms with E-state index in [4.69, 9.17) is 8.83 Å². The molecule has 176 valence electrons. The Balaban J connectivity index is 1.02. The molecule has 5 rings (SSSR count). The molecule has 3 aromatic rings. The van der Waals surface area contributed by atoms with Crippen LogP contribution in [0, 0.1) is 6.92 Å². The van der Waals surface area contributed by atoms with Gasteiger partial charge in [0.05, 0.1) is 17.6 Å². The van der Waals surface area contributed by atoms with Crippen LogP contribution >= 0.6 is 11.8 Å². The number of carbonyl (C=O) groups is 1. The predicted molar refractivity (Wildman–Crippen MR) is 125 cm³/mol. The summed E-state index contributed by atoms with van der Waals surface area (Å²) in [4.78, 5) is 23.6. The third-order valence-corrected chi connectivity index (χ3v) is 7.93. The van der Waals surface area contributed by atoms with Crippen LogP contribution in [0.15, 0.2) is 31.8 Å². The lowest BCUT2D eigenvalue weighted by molar-refractivity contribution is 0.247. The van der Waals surface area contributed by atoms with Gasteiger partial charge in [-0.2, -0.15) is 11.8 Å². The van der Waals surface area contributed by atoms with E-state index in [0.29, 0.717) is 35.6 Å². The summed E-state index contributed by atoms with van der Waals surface area (Å²) in [7, 11) is 0. The molecule has 0 saturated carbocycles. The molecule has 4 heterocycles. The summed E-state index contributed by atoms with van der Waals surface area (Å²) in [5, 5.41) is 14.9. The molecule has 0 aliphatic carbocycles. The number of unbranched alkanes of at least 4 members (excludes halogenated alkanes) is 2. The number of amides is 2. The number of urea groups is 1. The third kappa shape index (κ3) is 4.95. The van der Waals surface area contributed by atoms with E-state index in [0.717, 1.165) is 55.4 Å². The number of benzene rings is 1. The molecule has 33 heavy (non-hydrogen) atoms. The first-order valence-electron chi connectivity index (χ1n) is 11.7. The van der Waals surface area contributed by atoms with Crippen LogP contribution in [0.5, 0.6) is 0 Å². The number of nitrogens with zero attached hydrogens (tertiary/aromatic N) is 3. The van der Waals surface area contributed by atoms with Crippen molar-refractivity contribution in [3.05, 3.63) is 46.1 Å². The molecular weight excluding hydrogens is 442 g/mol. The van der Waals surface area contributed by atoms with Gasteiger partial charge in [-0.05, 0) is 50.3 Å². The fraction of sp³-hybridized carbons (Fsp3) is 0.565. The topological polar surface area (TPSA) is 115 Å². The molecule has 2 aliphatic heterocycles. The lowest BCUT2D eigenvalue weighted by Crippen LogP contribution is -2.36. The molecule has 2 aromatic heterocycles. The number of aromatic nitrogens is 3. The second-order valence-electron chi connectivity index (χ2n) is 8.91. The van der Waals surface area contributed by atoms with Gasteiger partial charge in [0.25, 0.3) is 0 Å². The first kappa shape index (κ1) is 22.1. The van der Waals surface area contributed by atoms with Crippen molar-refractivity contribution in [3.8, 4) is 0 Å². The third-order valence-electron chi connectivity index (χ3n) is 6.42. The number of hydrogen-bond acceptors (Lipinski definition) is 7. The van der Waals surface area contributed by atoms with Crippen LogP contribution in [-0.4, -0.2) is 43.9 Å². The molecular formula is C23H29N5O4S. The van der Waals surface area contributed by atoms with Crippen LogP contribution < -0.4 is 16.4 Å². The molecule has 1 aromatic carbocycles. The average Bonchev–Trinajstić information content (AvgIpc) is 3.54. The highest BCUT2D eigenvalue weighted by atomic mass is 32.2. The lowest BCUT2D eigenvalue weighted by atomic mass is 10.0. The van der Waals surface area contributed by atoms with Gasteiger partial charge in [0.15, 0.2) is 5.58 Å². The Morgan fingerprint density at radius 2 is 1.85 bits per heavy atom. The van der Waals surface area contributed by atoms with Crippen molar-refractivity contribution in [2.45, 2.75) is 75.7 Å². The Morgan fingerprint density at radius 3 is 2.67 bits per heavy atom. The van der Waals surface area contributed by atoms with Gasteiger partial charge in [0, 0.05) is 30.4 Å². The number of nitrogens with one attached hydrogen (secondary N) is 2. The van der Waals surface area contributed by atoms with Gasteiger partial charge < -0.3 is 19.5 Å². The van der Waals surface area contributed by atoms with Crippen molar-refractivity contribution in [3.63, 3.8) is 0 Å². The molecule has 0 bridgehead atoms. The number of rotatable bonds is 10. The first-order valence-corrected chi connectivity index (χ1v) is 12.7. The maximum Gasteiger partial charge on any atom is 0.419 e. The first-order chi connectivity index (χ1) is 16.1. The van der Waals surface area contributed by atoms with E-state index in [-0.39, 0.29) is 23.9 Å². The van der Waals surface area contributed by atoms with Crippen LogP contribution in [-0.2, 0) is 19.4 Å². The van der Waals surface area contributed by atoms with Gasteiger partial charge in [-0.25, -0.2) is 9.59 Å². The number of carbonyl (C=O) groups excluding carboxylic acids is 1. The Hall–Kier alpha value is -2.75. The highest BCUT2D eigenvalue weighted by Gasteiger charge is 2.42. The van der Waals surface area contributed by atoms with Crippen molar-refractivity contribution in [1.82, 2.24) is 25.4 Å². The zero-order chi connectivity index (χ0) is 22.8. The van der Waals surface area contributed by atoms with Crippen LogP contribution in [0.4, 0.5) is 4.79 Å². The van der Waals surface area contributed by atoms with E-state index in [2.05, 4.69) is 20.8 Å². The smallest absolute Gasteiger partial charge is 0.419 e. The predicted octanol–water partition coefficient (Wildman–Crippen LogP) is 3.19. The summed E-state index contributed by atoms with van der Waals surface area (Å²) in [6.07, 6.45) is 6.30. The molecule has 0 unspecified atom stereocenters. The quantitative estimate of drug-likeness (QED) is 0.345. The highest BCUT2D eigenvalue weighted by molar-refractivity contribution is 8.00. The normalized spacial score (nSPS) is 22.0. The van der Waals surface area contributed by atoms with Crippen LogP contribution in [0.25, 0.3) is 11.1 Å². The molecule has 2 N–H and O–H groups in total. The molecule has 3 atom stereocenters. The Labute approximate surface area is 195 Å². The zero-order valence-electron chi connectivity index (χ0n) is 18.7. The molecule has 0 spiro atoms. The van der Waals surface area contributed by atoms with Gasteiger partial charge >= 0.3 is 11.8 Å². The summed E-state index contributed by atoms with van der Waals surface area (Å²) in [6, 6.07) is 6.27. The van der Waals surface area contributed by atoms with Gasteiger partial charge in [-0.15, -0.1) is 10.2 Å². The van der Waals surface area contributed by atoms with Crippen LogP contribution in [0.1, 0.15) is 49.4 Å². The van der Waals surface area contributed by atoms with Crippen LogP contribution in [0.2, 0.25) is 0 Å². The number of thioether (sulfide) groups is 1. The Morgan fingerprint density at radius 1 is 1.06 bits per heavy atom. The molecule has 10 heteroatoms. The molecule has 2 aliphatic rings. The summed E-state index contributed by atoms with van der Waals surface area (Å²) < 4.78 is 12.8. The second-order valence-corrected chi connectivity index (χ2v) is 10.2. The summed E-state index contributed by atoms with van der Waals surface area (Å²) in [5.74, 6) is 2.02. The number of aryl methyl sites for hydroxylation is 4. The van der Waals surface area contributed by atoms with E-state index in [1.54, 1.807) is 4.57 Å². The number of fused-ring (bicyclic) bond motifs is 2. The van der Waals surface area contributed by atoms with E-state index >= 15 is 0 Å². The SMILES string of the molecule is Cc1ccc2oc(=O)n(CCCCc3nnc(CCCC[C@@H]4SC[C@@H]5NC(=O)N[C@@H]54)o3)c2c1. The number of hydrogen-bond donors (Lipinski definition) is 2. The average molecular weight is 472 g/mol. The molecule has 0 radical (unpaired) electrons. The molecule has 2 saturated heterocycles. The van der Waals surface area contributed by atoms with Gasteiger partial charge in [0.2, 0.25) is 11.8 Å². The van der Waals surface area contributed by atoms with Crippen molar-refractivity contribution < 1.29 is 13.6 Å². The molecule has 2 fully saturated rings. The van der Waals surface area contributed by atoms with Gasteiger partial charge in [-0.3, -0.25) is 4.57 Å². The summed E-state index contributed by atoms with van der Waals surface area (Å²) >= 11 is 1.94. The maximum atomic E-state index is 12.1. The minimum atomic E-state index is -0.311. The Bertz CT molecular complexity index is 1190. The van der Waals surface area contributed by atoms with E-state index in [1.807, 2.05) is 36.9 Å². The fourth-order valence-electron chi connectivity index (χ4n) is 4.69. The largest absolute Gasteiger partial charge is 0.425 e. The van der Waals surface area contributed by atoms with E-state index in [9.17, 15) is 9.59 Å². The van der Waals surface area contributed by atoms with Crippen molar-refractivity contribution in [1.29, 1.82) is 0 Å². The molecule has 9 nitrogen and oxygen atoms in total. The minimum Gasteiger partial charge on any atom is -0.425 e. The van der Waals surface area contributed by atoms with E-state index < -0.39 is 0 Å². The fourth-order valence-corrected chi connectivity index (χ4v) is 6.23. The van der Waals surface area contributed by atoms with Gasteiger partial charge in [-0.1, -0.05) is 12.5 Å². The minimum absolute atomic E-state index is 0.0334. The monoisotopic (exact) mass is 471 g/mol. The Kier molecular flexibility index (Phi) is 6.43. The standard InChI is InChI=1S/C23H29N5O4S/c1-14-9-10-17-16(12-14)28(23(30)31-17)11-5-4-8-20-27-26-19(32-20)7-3-2-6-18-21-15(13-33-18)24-22(29)25-21/h9-10,12,15,18,21H,2-8,11,13H2,1H3,(H2,24,25,29)/t15-,18-,21-/m0/s1. The molecule has 2 amide bonds. The lowest BCUT2D eigenvalue weighted by Gasteiger charge is -2.16. The van der Waals surface area contributed by atoms with Gasteiger partial charge in [0.1, 0.15) is 0 Å². The van der Waals surface area contributed by atoms with Crippen molar-refractivity contribution in [2.75, 3.05) is 5.75 Å². The van der Waals surface area contributed by atoms with Crippen molar-refractivity contribution >= 4 is 28.9 Å². The number of oxazole rings is 1.